The van der Waals surface area contributed by atoms with E-state index in [-0.39, 0.29) is 11.2 Å². The highest BCUT2D eigenvalue weighted by atomic mass is 35.5. The van der Waals surface area contributed by atoms with Crippen molar-refractivity contribution in [2.24, 2.45) is 5.41 Å². The van der Waals surface area contributed by atoms with Crippen LogP contribution >= 0.6 is 11.6 Å². The molecule has 2 nitrogen and oxygen atoms in total. The van der Waals surface area contributed by atoms with Crippen molar-refractivity contribution in [2.45, 2.75) is 38.1 Å². The lowest BCUT2D eigenvalue weighted by Crippen LogP contribution is -2.41. The SMILES string of the molecule is Fc1ccc(CC2(CNC3CC3)CCOCC2)c(Cl)c1. The molecule has 0 spiro atoms. The highest BCUT2D eigenvalue weighted by molar-refractivity contribution is 6.31. The Bertz CT molecular complexity index is 470. The van der Waals surface area contributed by atoms with Crippen LogP contribution in [0.5, 0.6) is 0 Å². The summed E-state index contributed by atoms with van der Waals surface area (Å²) in [6.07, 6.45) is 5.57. The molecule has 0 bridgehead atoms. The largest absolute Gasteiger partial charge is 0.381 e. The number of benzene rings is 1. The molecule has 0 aromatic heterocycles. The van der Waals surface area contributed by atoms with Crippen LogP contribution in [0.15, 0.2) is 18.2 Å². The first-order chi connectivity index (χ1) is 9.67. The van der Waals surface area contributed by atoms with Crippen LogP contribution in [0.25, 0.3) is 0 Å². The van der Waals surface area contributed by atoms with Gasteiger partial charge in [0.1, 0.15) is 5.82 Å². The average molecular weight is 298 g/mol. The van der Waals surface area contributed by atoms with E-state index in [1.165, 1.54) is 25.0 Å². The second-order valence-corrected chi connectivity index (χ2v) is 6.59. The summed E-state index contributed by atoms with van der Waals surface area (Å²) in [5.74, 6) is -0.268. The van der Waals surface area contributed by atoms with Gasteiger partial charge in [-0.3, -0.25) is 0 Å². The Morgan fingerprint density at radius 1 is 1.30 bits per heavy atom. The minimum absolute atomic E-state index is 0.197. The number of rotatable bonds is 5. The van der Waals surface area contributed by atoms with Gasteiger partial charge in [-0.05, 0) is 55.2 Å². The van der Waals surface area contributed by atoms with Crippen molar-refractivity contribution in [1.82, 2.24) is 5.32 Å². The Morgan fingerprint density at radius 2 is 2.05 bits per heavy atom. The molecular weight excluding hydrogens is 277 g/mol. The van der Waals surface area contributed by atoms with Crippen LogP contribution in [0.4, 0.5) is 4.39 Å². The lowest BCUT2D eigenvalue weighted by molar-refractivity contribution is 0.0147. The molecule has 1 aromatic carbocycles. The van der Waals surface area contributed by atoms with Crippen molar-refractivity contribution in [3.63, 3.8) is 0 Å². The minimum Gasteiger partial charge on any atom is -0.381 e. The average Bonchev–Trinajstić information content (AvgIpc) is 3.25. The molecule has 0 unspecified atom stereocenters. The predicted octanol–water partition coefficient (Wildman–Crippen LogP) is 3.57. The van der Waals surface area contributed by atoms with E-state index in [4.69, 9.17) is 16.3 Å². The van der Waals surface area contributed by atoms with Gasteiger partial charge in [-0.15, -0.1) is 0 Å². The Kier molecular flexibility index (Phi) is 4.29. The van der Waals surface area contributed by atoms with Gasteiger partial charge in [0.15, 0.2) is 0 Å². The molecule has 0 amide bonds. The molecule has 1 aromatic rings. The van der Waals surface area contributed by atoms with Crippen molar-refractivity contribution in [2.75, 3.05) is 19.8 Å². The molecule has 1 aliphatic carbocycles. The molecule has 1 heterocycles. The second-order valence-electron chi connectivity index (χ2n) is 6.18. The van der Waals surface area contributed by atoms with E-state index < -0.39 is 0 Å². The molecule has 20 heavy (non-hydrogen) atoms. The minimum atomic E-state index is -0.268. The van der Waals surface area contributed by atoms with Gasteiger partial charge < -0.3 is 10.1 Å². The Morgan fingerprint density at radius 3 is 2.70 bits per heavy atom. The zero-order valence-electron chi connectivity index (χ0n) is 11.6. The molecule has 1 saturated carbocycles. The summed E-state index contributed by atoms with van der Waals surface area (Å²) in [6.45, 7) is 2.63. The highest BCUT2D eigenvalue weighted by Crippen LogP contribution is 2.36. The maximum Gasteiger partial charge on any atom is 0.124 e. The van der Waals surface area contributed by atoms with Crippen molar-refractivity contribution in [3.05, 3.63) is 34.6 Å². The fraction of sp³-hybridized carbons (Fsp3) is 0.625. The van der Waals surface area contributed by atoms with Crippen molar-refractivity contribution in [3.8, 4) is 0 Å². The summed E-state index contributed by atoms with van der Waals surface area (Å²) in [5.41, 5.74) is 1.25. The number of ether oxygens (including phenoxy) is 1. The van der Waals surface area contributed by atoms with E-state index in [0.29, 0.717) is 11.1 Å². The Balaban J connectivity index is 1.73. The molecule has 1 N–H and O–H groups in total. The summed E-state index contributed by atoms with van der Waals surface area (Å²) in [6, 6.07) is 5.45. The maximum atomic E-state index is 13.2. The number of hydrogen-bond donors (Lipinski definition) is 1. The third kappa shape index (κ3) is 3.51. The summed E-state index contributed by atoms with van der Waals surface area (Å²) < 4.78 is 18.7. The first-order valence-electron chi connectivity index (χ1n) is 7.42. The second kappa shape index (κ2) is 6.00. The van der Waals surface area contributed by atoms with Gasteiger partial charge >= 0.3 is 0 Å². The van der Waals surface area contributed by atoms with E-state index >= 15 is 0 Å². The molecule has 4 heteroatoms. The van der Waals surface area contributed by atoms with Crippen molar-refractivity contribution in [1.29, 1.82) is 0 Å². The molecule has 2 aliphatic rings. The lowest BCUT2D eigenvalue weighted by Gasteiger charge is -2.38. The Hall–Kier alpha value is -0.640. The molecule has 2 fully saturated rings. The topological polar surface area (TPSA) is 21.3 Å². The fourth-order valence-electron chi connectivity index (χ4n) is 2.94. The van der Waals surface area contributed by atoms with Gasteiger partial charge in [-0.25, -0.2) is 4.39 Å². The third-order valence-corrected chi connectivity index (χ3v) is 4.83. The standard InChI is InChI=1S/C16H21ClFNO/c17-15-9-13(18)2-1-12(15)10-16(5-7-20-8-6-16)11-19-14-3-4-14/h1-2,9,14,19H,3-8,10-11H2. The van der Waals surface area contributed by atoms with Gasteiger partial charge in [0.05, 0.1) is 0 Å². The van der Waals surface area contributed by atoms with Crippen LogP contribution in [0, 0.1) is 11.2 Å². The van der Waals surface area contributed by atoms with E-state index in [0.717, 1.165) is 44.6 Å². The third-order valence-electron chi connectivity index (χ3n) is 4.48. The van der Waals surface area contributed by atoms with E-state index in [1.54, 1.807) is 0 Å². The van der Waals surface area contributed by atoms with Gasteiger partial charge in [0, 0.05) is 30.8 Å². The molecule has 3 rings (SSSR count). The summed E-state index contributed by atoms with van der Waals surface area (Å²) in [7, 11) is 0. The van der Waals surface area contributed by atoms with E-state index in [9.17, 15) is 4.39 Å². The van der Waals surface area contributed by atoms with Crippen LogP contribution in [0.2, 0.25) is 5.02 Å². The molecule has 110 valence electrons. The molecule has 0 radical (unpaired) electrons. The fourth-order valence-corrected chi connectivity index (χ4v) is 3.17. The molecule has 1 aliphatic heterocycles. The quantitative estimate of drug-likeness (QED) is 0.897. The van der Waals surface area contributed by atoms with Crippen LogP contribution in [-0.4, -0.2) is 25.8 Å². The normalized spacial score (nSPS) is 21.9. The highest BCUT2D eigenvalue weighted by Gasteiger charge is 2.35. The van der Waals surface area contributed by atoms with Crippen LogP contribution in [0.3, 0.4) is 0 Å². The maximum absolute atomic E-state index is 13.2. The first-order valence-corrected chi connectivity index (χ1v) is 7.80. The number of halogens is 2. The van der Waals surface area contributed by atoms with Crippen LogP contribution in [-0.2, 0) is 11.2 Å². The smallest absolute Gasteiger partial charge is 0.124 e. The van der Waals surface area contributed by atoms with Crippen molar-refractivity contribution < 1.29 is 9.13 Å². The van der Waals surface area contributed by atoms with Gasteiger partial charge in [-0.2, -0.15) is 0 Å². The van der Waals surface area contributed by atoms with Gasteiger partial charge in [0.2, 0.25) is 0 Å². The van der Waals surface area contributed by atoms with Crippen LogP contribution in [0.1, 0.15) is 31.2 Å². The lowest BCUT2D eigenvalue weighted by atomic mass is 9.75. The summed E-state index contributed by atoms with van der Waals surface area (Å²) in [4.78, 5) is 0. The predicted molar refractivity (Wildman–Crippen MR) is 78.6 cm³/mol. The van der Waals surface area contributed by atoms with Crippen LogP contribution < -0.4 is 5.32 Å². The number of hydrogen-bond acceptors (Lipinski definition) is 2. The van der Waals surface area contributed by atoms with Gasteiger partial charge in [-0.1, -0.05) is 17.7 Å². The van der Waals surface area contributed by atoms with E-state index in [1.807, 2.05) is 6.07 Å². The molecular formula is C16H21ClFNO. The summed E-state index contributed by atoms with van der Waals surface area (Å²) in [5, 5.41) is 4.19. The number of nitrogens with one attached hydrogen (secondary N) is 1. The van der Waals surface area contributed by atoms with E-state index in [2.05, 4.69) is 5.32 Å². The molecule has 1 saturated heterocycles. The molecule has 0 atom stereocenters. The van der Waals surface area contributed by atoms with Crippen molar-refractivity contribution >= 4 is 11.6 Å². The first kappa shape index (κ1) is 14.3. The zero-order valence-corrected chi connectivity index (χ0v) is 12.4. The summed E-state index contributed by atoms with van der Waals surface area (Å²) >= 11 is 6.19. The Labute approximate surface area is 124 Å². The zero-order chi connectivity index (χ0) is 14.0. The monoisotopic (exact) mass is 297 g/mol. The van der Waals surface area contributed by atoms with Gasteiger partial charge in [0.25, 0.3) is 0 Å².